The third kappa shape index (κ3) is 6.69. The summed E-state index contributed by atoms with van der Waals surface area (Å²) in [4.78, 5) is 20.9. The van der Waals surface area contributed by atoms with Gasteiger partial charge in [0.05, 0.1) is 18.1 Å². The molecular weight excluding hydrogens is 436 g/mol. The molecule has 7 nitrogen and oxygen atoms in total. The van der Waals surface area contributed by atoms with Crippen LogP contribution < -0.4 is 11.1 Å². The Hall–Kier alpha value is -4.13. The number of carbonyl (C=O) groups excluding carboxylic acids is 1. The summed E-state index contributed by atoms with van der Waals surface area (Å²) in [6, 6.07) is 28.1. The second-order valence-electron chi connectivity index (χ2n) is 8.71. The summed E-state index contributed by atoms with van der Waals surface area (Å²) < 4.78 is 0. The molecule has 180 valence electrons. The molecule has 0 aliphatic carbocycles. The van der Waals surface area contributed by atoms with Crippen LogP contribution in [0.3, 0.4) is 0 Å². The van der Waals surface area contributed by atoms with E-state index >= 15 is 0 Å². The van der Waals surface area contributed by atoms with Crippen molar-refractivity contribution in [3.63, 3.8) is 0 Å². The molecule has 0 radical (unpaired) electrons. The summed E-state index contributed by atoms with van der Waals surface area (Å²) in [5, 5.41) is 11.8. The molecule has 3 aromatic carbocycles. The van der Waals surface area contributed by atoms with Crippen LogP contribution in [0.5, 0.6) is 0 Å². The lowest BCUT2D eigenvalue weighted by Gasteiger charge is -2.25. The maximum absolute atomic E-state index is 12.8. The SMILES string of the molecule is N=C1N(CC(=O)Nc2cccc(N=CN)c2)C[C@H](Cc2ccccc2)N1CCCc1ccccc1. The van der Waals surface area contributed by atoms with Crippen molar-refractivity contribution in [3.05, 3.63) is 96.1 Å². The van der Waals surface area contributed by atoms with E-state index in [9.17, 15) is 4.79 Å². The molecule has 1 atom stereocenters. The number of anilines is 1. The number of hydrogen-bond donors (Lipinski definition) is 3. The lowest BCUT2D eigenvalue weighted by molar-refractivity contribution is -0.116. The maximum atomic E-state index is 12.8. The molecule has 0 bridgehead atoms. The van der Waals surface area contributed by atoms with Crippen LogP contribution in [0.1, 0.15) is 17.5 Å². The zero-order valence-corrected chi connectivity index (χ0v) is 19.8. The Kier molecular flexibility index (Phi) is 8.12. The number of rotatable bonds is 10. The van der Waals surface area contributed by atoms with Crippen molar-refractivity contribution < 1.29 is 4.79 Å². The molecule has 0 unspecified atom stereocenters. The monoisotopic (exact) mass is 468 g/mol. The predicted octanol–water partition coefficient (Wildman–Crippen LogP) is 4.04. The number of carbonyl (C=O) groups is 1. The van der Waals surface area contributed by atoms with Gasteiger partial charge in [-0.05, 0) is 48.6 Å². The molecule has 7 heteroatoms. The van der Waals surface area contributed by atoms with Crippen LogP contribution in [0.2, 0.25) is 0 Å². The maximum Gasteiger partial charge on any atom is 0.244 e. The van der Waals surface area contributed by atoms with Gasteiger partial charge in [0.1, 0.15) is 6.54 Å². The summed E-state index contributed by atoms with van der Waals surface area (Å²) in [5.41, 5.74) is 9.24. The van der Waals surface area contributed by atoms with Crippen LogP contribution in [-0.4, -0.2) is 53.7 Å². The standard InChI is InChI=1S/C28H32N6O/c29-21-31-24-14-7-15-25(18-24)32-27(35)20-33-19-26(17-23-11-5-2-6-12-23)34(28(33)30)16-8-13-22-9-3-1-4-10-22/h1-7,9-12,14-15,18,21,26,30H,8,13,16-17,19-20H2,(H2,29,31)(H,32,35)/t26-/m0/s1. The van der Waals surface area contributed by atoms with Crippen LogP contribution in [0.25, 0.3) is 0 Å². The minimum Gasteiger partial charge on any atom is -0.390 e. The molecule has 3 aromatic rings. The van der Waals surface area contributed by atoms with Crippen LogP contribution >= 0.6 is 0 Å². The van der Waals surface area contributed by atoms with E-state index in [-0.39, 0.29) is 18.5 Å². The number of nitrogens with zero attached hydrogens (tertiary/aromatic N) is 3. The molecule has 4 N–H and O–H groups in total. The zero-order chi connectivity index (χ0) is 24.5. The van der Waals surface area contributed by atoms with Crippen molar-refractivity contribution >= 4 is 29.6 Å². The first-order valence-electron chi connectivity index (χ1n) is 11.9. The number of guanidine groups is 1. The summed E-state index contributed by atoms with van der Waals surface area (Å²) in [5.74, 6) is 0.254. The highest BCUT2D eigenvalue weighted by Gasteiger charge is 2.34. The van der Waals surface area contributed by atoms with Gasteiger partial charge in [-0.15, -0.1) is 0 Å². The highest BCUT2D eigenvalue weighted by Crippen LogP contribution is 2.21. The van der Waals surface area contributed by atoms with Gasteiger partial charge in [-0.25, -0.2) is 4.99 Å². The van der Waals surface area contributed by atoms with Crippen molar-refractivity contribution in [1.29, 1.82) is 5.41 Å². The lowest BCUT2D eigenvalue weighted by Crippen LogP contribution is -2.39. The number of aliphatic imine (C=N–C) groups is 1. The largest absolute Gasteiger partial charge is 0.390 e. The average molecular weight is 469 g/mol. The fourth-order valence-corrected chi connectivity index (χ4v) is 4.50. The fraction of sp³-hybridized carbons (Fsp3) is 0.250. The van der Waals surface area contributed by atoms with Gasteiger partial charge in [0.25, 0.3) is 0 Å². The molecule has 1 heterocycles. The molecule has 35 heavy (non-hydrogen) atoms. The summed E-state index contributed by atoms with van der Waals surface area (Å²) in [6.45, 7) is 1.55. The Balaban J connectivity index is 1.40. The van der Waals surface area contributed by atoms with Crippen LogP contribution in [0.15, 0.2) is 89.9 Å². The van der Waals surface area contributed by atoms with Gasteiger partial charge in [0.15, 0.2) is 5.96 Å². The first-order chi connectivity index (χ1) is 17.1. The van der Waals surface area contributed by atoms with Gasteiger partial charge in [-0.3, -0.25) is 10.2 Å². The smallest absolute Gasteiger partial charge is 0.244 e. The Bertz CT molecular complexity index is 1150. The van der Waals surface area contributed by atoms with Gasteiger partial charge in [0.2, 0.25) is 5.91 Å². The van der Waals surface area contributed by atoms with E-state index in [0.29, 0.717) is 23.9 Å². The average Bonchev–Trinajstić information content (AvgIpc) is 3.14. The second-order valence-corrected chi connectivity index (χ2v) is 8.71. The van der Waals surface area contributed by atoms with Gasteiger partial charge in [0, 0.05) is 18.8 Å². The lowest BCUT2D eigenvalue weighted by atomic mass is 10.0. The van der Waals surface area contributed by atoms with Gasteiger partial charge >= 0.3 is 0 Å². The normalized spacial score (nSPS) is 15.7. The van der Waals surface area contributed by atoms with Crippen LogP contribution in [0, 0.1) is 5.41 Å². The first-order valence-corrected chi connectivity index (χ1v) is 11.9. The Morgan fingerprint density at radius 2 is 1.74 bits per heavy atom. The number of hydrogen-bond acceptors (Lipinski definition) is 3. The molecule has 4 rings (SSSR count). The van der Waals surface area contributed by atoms with E-state index in [1.165, 1.54) is 17.5 Å². The van der Waals surface area contributed by atoms with Gasteiger partial charge < -0.3 is 20.9 Å². The van der Waals surface area contributed by atoms with Crippen molar-refractivity contribution in [2.24, 2.45) is 10.7 Å². The summed E-state index contributed by atoms with van der Waals surface area (Å²) in [6.07, 6.45) is 3.98. The second kappa shape index (κ2) is 11.8. The van der Waals surface area contributed by atoms with E-state index < -0.39 is 0 Å². The molecule has 1 fully saturated rings. The van der Waals surface area contributed by atoms with Crippen molar-refractivity contribution in [3.8, 4) is 0 Å². The van der Waals surface area contributed by atoms with E-state index in [4.69, 9.17) is 11.1 Å². The minimum absolute atomic E-state index is 0.129. The molecule has 1 saturated heterocycles. The minimum atomic E-state index is -0.159. The number of nitrogens with two attached hydrogens (primary N) is 1. The fourth-order valence-electron chi connectivity index (χ4n) is 4.50. The number of aryl methyl sites for hydroxylation is 1. The number of nitrogens with one attached hydrogen (secondary N) is 2. The number of amides is 1. The molecule has 1 aliphatic heterocycles. The molecule has 1 amide bonds. The van der Waals surface area contributed by atoms with Crippen molar-refractivity contribution in [2.75, 3.05) is 25.0 Å². The van der Waals surface area contributed by atoms with Gasteiger partial charge in [-0.2, -0.15) is 0 Å². The predicted molar refractivity (Wildman–Crippen MR) is 142 cm³/mol. The van der Waals surface area contributed by atoms with Crippen LogP contribution in [0.4, 0.5) is 11.4 Å². The Morgan fingerprint density at radius 3 is 2.46 bits per heavy atom. The molecular formula is C28H32N6O. The Labute approximate surface area is 206 Å². The van der Waals surface area contributed by atoms with E-state index in [1.54, 1.807) is 6.07 Å². The van der Waals surface area contributed by atoms with Gasteiger partial charge in [-0.1, -0.05) is 66.7 Å². The molecule has 0 saturated carbocycles. The number of benzene rings is 3. The first kappa shape index (κ1) is 24.0. The molecule has 0 spiro atoms. The van der Waals surface area contributed by atoms with E-state index in [2.05, 4.69) is 51.6 Å². The van der Waals surface area contributed by atoms with Crippen LogP contribution in [-0.2, 0) is 17.6 Å². The molecule has 0 aromatic heterocycles. The molecule has 1 aliphatic rings. The Morgan fingerprint density at radius 1 is 1.03 bits per heavy atom. The quantitative estimate of drug-likeness (QED) is 0.309. The highest BCUT2D eigenvalue weighted by molar-refractivity contribution is 5.95. The third-order valence-corrected chi connectivity index (χ3v) is 6.15. The summed E-state index contributed by atoms with van der Waals surface area (Å²) >= 11 is 0. The van der Waals surface area contributed by atoms with E-state index in [1.807, 2.05) is 47.4 Å². The topological polar surface area (TPSA) is 97.8 Å². The van der Waals surface area contributed by atoms with Crippen molar-refractivity contribution in [2.45, 2.75) is 25.3 Å². The highest BCUT2D eigenvalue weighted by atomic mass is 16.2. The third-order valence-electron chi connectivity index (χ3n) is 6.15. The van der Waals surface area contributed by atoms with E-state index in [0.717, 1.165) is 25.8 Å². The van der Waals surface area contributed by atoms with Crippen molar-refractivity contribution in [1.82, 2.24) is 9.80 Å². The zero-order valence-electron chi connectivity index (χ0n) is 19.8. The summed E-state index contributed by atoms with van der Waals surface area (Å²) in [7, 11) is 0.